The molecular formula is C27H25FN2O2. The number of carboxylic acid groups (broad SMARTS) is 1. The Morgan fingerprint density at radius 1 is 1.31 bits per heavy atom. The number of aromatic amines is 1. The highest BCUT2D eigenvalue weighted by molar-refractivity contribution is 5.86. The van der Waals surface area contributed by atoms with Gasteiger partial charge in [-0.2, -0.15) is 0 Å². The van der Waals surface area contributed by atoms with Crippen molar-refractivity contribution in [1.29, 1.82) is 0 Å². The van der Waals surface area contributed by atoms with Crippen LogP contribution in [0.3, 0.4) is 0 Å². The lowest BCUT2D eigenvalue weighted by Crippen LogP contribution is -2.78. The highest BCUT2D eigenvalue weighted by atomic mass is 19.1. The Balaban J connectivity index is 1.49. The SMILES string of the molecule is CC[C@@H]1Cc2c([nH]c3ccccc23)[C@H]2c3c(F)cc(/C=C/C(=O)O)cc3C3C4CC3(C4)N12. The predicted octanol–water partition coefficient (Wildman–Crippen LogP) is 5.39. The minimum Gasteiger partial charge on any atom is -0.478 e. The molecule has 5 heteroatoms. The zero-order chi connectivity index (χ0) is 21.8. The number of para-hydroxylation sites is 1. The van der Waals surface area contributed by atoms with Crippen molar-refractivity contribution in [2.45, 2.75) is 56.1 Å². The second kappa shape index (κ2) is 6.10. The molecule has 0 amide bonds. The molecule has 3 aromatic rings. The quantitative estimate of drug-likeness (QED) is 0.550. The van der Waals surface area contributed by atoms with Crippen molar-refractivity contribution in [2.75, 3.05) is 0 Å². The van der Waals surface area contributed by atoms with Crippen molar-refractivity contribution < 1.29 is 14.3 Å². The number of aliphatic carboxylic acids is 1. The van der Waals surface area contributed by atoms with Crippen LogP contribution in [0.2, 0.25) is 0 Å². The topological polar surface area (TPSA) is 56.3 Å². The highest BCUT2D eigenvalue weighted by Gasteiger charge is 2.73. The van der Waals surface area contributed by atoms with E-state index in [1.807, 2.05) is 6.07 Å². The molecule has 3 fully saturated rings. The smallest absolute Gasteiger partial charge is 0.328 e. The Hall–Kier alpha value is -2.92. The maximum Gasteiger partial charge on any atom is 0.328 e. The molecule has 5 aliphatic rings. The van der Waals surface area contributed by atoms with Crippen LogP contribution in [0.4, 0.5) is 4.39 Å². The van der Waals surface area contributed by atoms with Crippen LogP contribution in [0, 0.1) is 11.7 Å². The number of halogens is 1. The van der Waals surface area contributed by atoms with E-state index in [1.54, 1.807) is 0 Å². The minimum atomic E-state index is -1.02. The fourth-order valence-corrected chi connectivity index (χ4v) is 7.44. The molecular weight excluding hydrogens is 403 g/mol. The number of nitrogens with one attached hydrogen (secondary N) is 1. The van der Waals surface area contributed by atoms with Crippen LogP contribution in [-0.2, 0) is 11.2 Å². The largest absolute Gasteiger partial charge is 0.478 e. The van der Waals surface area contributed by atoms with Crippen LogP contribution >= 0.6 is 0 Å². The molecule has 0 saturated heterocycles. The monoisotopic (exact) mass is 428 g/mol. The van der Waals surface area contributed by atoms with Crippen molar-refractivity contribution in [3.8, 4) is 0 Å². The van der Waals surface area contributed by atoms with Gasteiger partial charge in [-0.05, 0) is 66.5 Å². The normalized spacial score (nSPS) is 31.9. The van der Waals surface area contributed by atoms with Gasteiger partial charge < -0.3 is 10.1 Å². The summed E-state index contributed by atoms with van der Waals surface area (Å²) in [6.07, 6.45) is 7.04. The average molecular weight is 429 g/mol. The van der Waals surface area contributed by atoms with E-state index in [0.29, 0.717) is 23.4 Å². The number of hydrogen-bond donors (Lipinski definition) is 2. The van der Waals surface area contributed by atoms with Gasteiger partial charge in [-0.1, -0.05) is 31.2 Å². The van der Waals surface area contributed by atoms with E-state index in [0.717, 1.165) is 41.3 Å². The Morgan fingerprint density at radius 2 is 2.12 bits per heavy atom. The lowest BCUT2D eigenvalue weighted by Gasteiger charge is -2.77. The predicted molar refractivity (Wildman–Crippen MR) is 121 cm³/mol. The van der Waals surface area contributed by atoms with Gasteiger partial charge in [0.2, 0.25) is 0 Å². The van der Waals surface area contributed by atoms with Gasteiger partial charge in [0.25, 0.3) is 0 Å². The molecule has 3 atom stereocenters. The maximum absolute atomic E-state index is 15.8. The number of carboxylic acids is 1. The first kappa shape index (κ1) is 18.6. The molecule has 162 valence electrons. The third kappa shape index (κ3) is 2.13. The summed E-state index contributed by atoms with van der Waals surface area (Å²) < 4.78 is 15.8. The molecule has 2 N–H and O–H groups in total. The first-order valence-electron chi connectivity index (χ1n) is 11.6. The molecule has 32 heavy (non-hydrogen) atoms. The first-order valence-corrected chi connectivity index (χ1v) is 11.6. The summed E-state index contributed by atoms with van der Waals surface area (Å²) in [6, 6.07) is 12.3. The van der Waals surface area contributed by atoms with E-state index in [2.05, 4.69) is 41.1 Å². The maximum atomic E-state index is 15.8. The molecule has 1 spiro atoms. The van der Waals surface area contributed by atoms with E-state index < -0.39 is 5.97 Å². The zero-order valence-electron chi connectivity index (χ0n) is 17.9. The van der Waals surface area contributed by atoms with Crippen molar-refractivity contribution >= 4 is 22.9 Å². The van der Waals surface area contributed by atoms with Crippen molar-refractivity contribution in [2.24, 2.45) is 5.92 Å². The molecule has 3 saturated carbocycles. The average Bonchev–Trinajstić information content (AvgIpc) is 3.08. The Kier molecular flexibility index (Phi) is 3.55. The molecule has 3 aliphatic carbocycles. The Morgan fingerprint density at radius 3 is 2.84 bits per heavy atom. The lowest BCUT2D eigenvalue weighted by atomic mass is 9.37. The van der Waals surface area contributed by atoms with Crippen LogP contribution in [-0.4, -0.2) is 32.5 Å². The van der Waals surface area contributed by atoms with Gasteiger partial charge in [-0.3, -0.25) is 4.90 Å². The van der Waals surface area contributed by atoms with Crippen LogP contribution in [0.15, 0.2) is 42.5 Å². The third-order valence-corrected chi connectivity index (χ3v) is 8.71. The molecule has 1 unspecified atom stereocenters. The molecule has 3 heterocycles. The van der Waals surface area contributed by atoms with Crippen LogP contribution in [0.25, 0.3) is 17.0 Å². The van der Waals surface area contributed by atoms with Crippen molar-refractivity contribution in [3.05, 3.63) is 76.2 Å². The summed E-state index contributed by atoms with van der Waals surface area (Å²) in [5.74, 6) is -0.251. The summed E-state index contributed by atoms with van der Waals surface area (Å²) in [5, 5.41) is 10.3. The number of carbonyl (C=O) groups is 1. The van der Waals surface area contributed by atoms with Crippen molar-refractivity contribution in [3.63, 3.8) is 0 Å². The van der Waals surface area contributed by atoms with Gasteiger partial charge in [0, 0.05) is 45.7 Å². The van der Waals surface area contributed by atoms with Crippen LogP contribution in [0.1, 0.15) is 66.1 Å². The summed E-state index contributed by atoms with van der Waals surface area (Å²) >= 11 is 0. The zero-order valence-corrected chi connectivity index (χ0v) is 17.9. The number of aromatic nitrogens is 1. The number of H-pyrrole nitrogens is 1. The molecule has 2 aromatic carbocycles. The van der Waals surface area contributed by atoms with E-state index in [1.165, 1.54) is 35.9 Å². The summed E-state index contributed by atoms with van der Waals surface area (Å²) in [4.78, 5) is 17.4. The van der Waals surface area contributed by atoms with Gasteiger partial charge in [-0.15, -0.1) is 0 Å². The summed E-state index contributed by atoms with van der Waals surface area (Å²) in [5.41, 5.74) is 6.26. The Labute approximate surface area is 185 Å². The van der Waals surface area contributed by atoms with Crippen LogP contribution in [0.5, 0.6) is 0 Å². The number of hydrogen-bond acceptors (Lipinski definition) is 2. The standard InChI is InChI=1S/C27H25FN2O2/c1-2-16-11-18-17-5-3-4-6-21(17)29-25(18)26-23-19(24-15-12-27(24,13-15)30(16)26)9-14(10-20(23)28)7-8-22(31)32/h3-10,15-16,24,26,29H,2,11-13H2,1H3,(H,31,32)/b8-7+/t15?,16-,24?,26-,27?/m1/s1. The molecule has 4 nitrogen and oxygen atoms in total. The molecule has 2 aliphatic heterocycles. The lowest BCUT2D eigenvalue weighted by molar-refractivity contribution is -0.211. The van der Waals surface area contributed by atoms with Gasteiger partial charge in [-0.25, -0.2) is 9.18 Å². The minimum absolute atomic E-state index is 0.110. The van der Waals surface area contributed by atoms with Gasteiger partial charge in [0.15, 0.2) is 0 Å². The number of benzene rings is 2. The van der Waals surface area contributed by atoms with E-state index in [-0.39, 0.29) is 17.4 Å². The second-order valence-electron chi connectivity index (χ2n) is 10.1. The van der Waals surface area contributed by atoms with Crippen LogP contribution < -0.4 is 0 Å². The van der Waals surface area contributed by atoms with Crippen molar-refractivity contribution in [1.82, 2.24) is 9.88 Å². The van der Waals surface area contributed by atoms with E-state index >= 15 is 4.39 Å². The fourth-order valence-electron chi connectivity index (χ4n) is 7.44. The molecule has 8 rings (SSSR count). The van der Waals surface area contributed by atoms with Gasteiger partial charge in [0.1, 0.15) is 5.82 Å². The fraction of sp³-hybridized carbons (Fsp3) is 0.370. The van der Waals surface area contributed by atoms with Gasteiger partial charge in [0.05, 0.1) is 6.04 Å². The van der Waals surface area contributed by atoms with E-state index in [9.17, 15) is 4.79 Å². The number of nitrogens with zero attached hydrogens (tertiary/aromatic N) is 1. The number of fused-ring (bicyclic) bond motifs is 7. The second-order valence-corrected chi connectivity index (χ2v) is 10.1. The number of rotatable bonds is 3. The molecule has 2 bridgehead atoms. The third-order valence-electron chi connectivity index (χ3n) is 8.71. The summed E-state index contributed by atoms with van der Waals surface area (Å²) in [7, 11) is 0. The summed E-state index contributed by atoms with van der Waals surface area (Å²) in [6.45, 7) is 2.26. The highest BCUT2D eigenvalue weighted by Crippen LogP contribution is 2.75. The first-order chi connectivity index (χ1) is 15.5. The van der Waals surface area contributed by atoms with E-state index in [4.69, 9.17) is 5.11 Å². The molecule has 0 radical (unpaired) electrons. The molecule has 1 aromatic heterocycles. The Bertz CT molecular complexity index is 1330. The van der Waals surface area contributed by atoms with Gasteiger partial charge >= 0.3 is 5.97 Å².